The molecule has 1 unspecified atom stereocenters. The van der Waals surface area contributed by atoms with Crippen LogP contribution in [0.5, 0.6) is 0 Å². The molecule has 0 spiro atoms. The van der Waals surface area contributed by atoms with Crippen LogP contribution in [-0.2, 0) is 14.4 Å². The molecule has 0 saturated carbocycles. The number of rotatable bonds is 7. The third kappa shape index (κ3) is 6.22. The van der Waals surface area contributed by atoms with Crippen molar-refractivity contribution in [3.8, 4) is 0 Å². The molecule has 10 heteroatoms. The molecule has 3 amide bonds. The summed E-state index contributed by atoms with van der Waals surface area (Å²) in [5.41, 5.74) is 7.33. The number of carbonyl (C=O) groups excluding carboxylic acids is 3. The van der Waals surface area contributed by atoms with Gasteiger partial charge in [-0.05, 0) is 38.0 Å². The number of nitrogens with one attached hydrogen (secondary N) is 2. The van der Waals surface area contributed by atoms with E-state index in [0.717, 1.165) is 5.69 Å². The van der Waals surface area contributed by atoms with Gasteiger partial charge in [0, 0.05) is 43.0 Å². The van der Waals surface area contributed by atoms with Gasteiger partial charge < -0.3 is 31.3 Å². The molecule has 2 saturated heterocycles. The average molecular weight is 492 g/mol. The number of piperidine rings is 1. The van der Waals surface area contributed by atoms with E-state index in [2.05, 4.69) is 10.6 Å². The lowest BCUT2D eigenvalue weighted by atomic mass is 9.95. The summed E-state index contributed by atoms with van der Waals surface area (Å²) in [6.07, 6.45) is 0.730. The maximum atomic E-state index is 13.0. The predicted molar refractivity (Wildman–Crippen MR) is 135 cm³/mol. The van der Waals surface area contributed by atoms with Crippen molar-refractivity contribution in [2.75, 3.05) is 36.8 Å². The molecular formula is C24H37N5O4S. The first kappa shape index (κ1) is 26.3. The smallest absolute Gasteiger partial charge is 0.242 e. The van der Waals surface area contributed by atoms with Crippen molar-refractivity contribution in [3.05, 3.63) is 24.3 Å². The highest BCUT2D eigenvalue weighted by Crippen LogP contribution is 2.34. The van der Waals surface area contributed by atoms with Gasteiger partial charge >= 0.3 is 0 Å². The number of hydrogen-bond acceptors (Lipinski definition) is 7. The molecule has 1 aromatic rings. The van der Waals surface area contributed by atoms with Crippen molar-refractivity contribution in [3.63, 3.8) is 0 Å². The summed E-state index contributed by atoms with van der Waals surface area (Å²) < 4.78 is 0. The lowest BCUT2D eigenvalue weighted by molar-refractivity contribution is -0.136. The molecule has 34 heavy (non-hydrogen) atoms. The fourth-order valence-corrected chi connectivity index (χ4v) is 5.47. The summed E-state index contributed by atoms with van der Waals surface area (Å²) in [4.78, 5) is 41.6. The molecule has 2 fully saturated rings. The van der Waals surface area contributed by atoms with E-state index in [-0.39, 0.29) is 29.1 Å². The lowest BCUT2D eigenvalue weighted by Gasteiger charge is -2.34. The first-order chi connectivity index (χ1) is 16.0. The van der Waals surface area contributed by atoms with E-state index in [1.54, 1.807) is 9.80 Å². The molecular weight excluding hydrogens is 454 g/mol. The van der Waals surface area contributed by atoms with Crippen LogP contribution in [0, 0.1) is 5.41 Å². The number of hydrogen-bond donors (Lipinski definition) is 4. The molecule has 3 atom stereocenters. The van der Waals surface area contributed by atoms with Gasteiger partial charge in [-0.2, -0.15) is 0 Å². The summed E-state index contributed by atoms with van der Waals surface area (Å²) >= 11 is 1.41. The number of likely N-dealkylation sites (tertiary alicyclic amines) is 1. The Bertz CT molecular complexity index is 898. The second kappa shape index (κ2) is 11.0. The highest BCUT2D eigenvalue weighted by Gasteiger charge is 2.45. The lowest BCUT2D eigenvalue weighted by Crippen LogP contribution is -2.55. The van der Waals surface area contributed by atoms with Gasteiger partial charge in [-0.1, -0.05) is 26.8 Å². The van der Waals surface area contributed by atoms with Crippen LogP contribution in [0.4, 0.5) is 11.4 Å². The molecule has 0 aliphatic carbocycles. The normalized spacial score (nSPS) is 22.6. The Labute approximate surface area is 205 Å². The zero-order valence-electron chi connectivity index (χ0n) is 20.4. The second-order valence-corrected chi connectivity index (χ2v) is 11.2. The maximum Gasteiger partial charge on any atom is 0.242 e. The molecule has 5 N–H and O–H groups in total. The predicted octanol–water partition coefficient (Wildman–Crippen LogP) is 1.68. The molecule has 0 aromatic heterocycles. The molecule has 2 heterocycles. The molecule has 1 aromatic carbocycles. The fraction of sp³-hybridized carbons (Fsp3) is 0.625. The Morgan fingerprint density at radius 3 is 2.50 bits per heavy atom. The molecule has 3 rings (SSSR count). The average Bonchev–Trinajstić information content (AvgIpc) is 3.12. The molecule has 188 valence electrons. The van der Waals surface area contributed by atoms with Crippen LogP contribution in [0.2, 0.25) is 0 Å². The monoisotopic (exact) mass is 491 g/mol. The first-order valence-corrected chi connectivity index (χ1v) is 12.8. The Balaban J connectivity index is 1.61. The van der Waals surface area contributed by atoms with Crippen LogP contribution in [0.15, 0.2) is 24.3 Å². The number of likely N-dealkylation sites (N-methyl/N-ethyl adjacent to an activating group) is 1. The number of anilines is 2. The van der Waals surface area contributed by atoms with E-state index in [1.807, 2.05) is 52.0 Å². The molecule has 0 radical (unpaired) electrons. The van der Waals surface area contributed by atoms with E-state index < -0.39 is 16.8 Å². The van der Waals surface area contributed by atoms with Gasteiger partial charge in [0.2, 0.25) is 17.7 Å². The van der Waals surface area contributed by atoms with Gasteiger partial charge in [0.05, 0.1) is 6.10 Å². The van der Waals surface area contributed by atoms with Crippen molar-refractivity contribution in [1.82, 2.24) is 9.80 Å². The highest BCUT2D eigenvalue weighted by atomic mass is 32.2. The van der Waals surface area contributed by atoms with Crippen LogP contribution < -0.4 is 16.4 Å². The number of aliphatic hydroxyl groups excluding tert-OH is 1. The molecule has 2 aliphatic rings. The standard InChI is InChI=1S/C24H37N5O4S/c1-5-29-20(31)18(34-22(29)19(25)21(32)28-11-9-17(30)10-12-28)14-26-15-7-6-8-16(13-15)27-23(33)24(2,3)4/h6-8,13,17-19,22,26,30H,5,9-12,14,25H2,1-4H3,(H,27,33)/t18-,19-,22?/m1/s1. The van der Waals surface area contributed by atoms with Crippen molar-refractivity contribution in [2.24, 2.45) is 11.1 Å². The van der Waals surface area contributed by atoms with Gasteiger partial charge in [-0.3, -0.25) is 14.4 Å². The number of nitrogens with zero attached hydrogens (tertiary/aromatic N) is 2. The van der Waals surface area contributed by atoms with Gasteiger partial charge in [-0.25, -0.2) is 0 Å². The van der Waals surface area contributed by atoms with Crippen molar-refractivity contribution < 1.29 is 19.5 Å². The van der Waals surface area contributed by atoms with Crippen LogP contribution in [0.25, 0.3) is 0 Å². The number of benzene rings is 1. The van der Waals surface area contributed by atoms with Crippen LogP contribution in [0.3, 0.4) is 0 Å². The minimum absolute atomic E-state index is 0.0421. The Morgan fingerprint density at radius 1 is 1.24 bits per heavy atom. The quantitative estimate of drug-likeness (QED) is 0.457. The van der Waals surface area contributed by atoms with Crippen molar-refractivity contribution in [2.45, 2.75) is 63.3 Å². The number of nitrogens with two attached hydrogens (primary N) is 1. The van der Waals surface area contributed by atoms with E-state index >= 15 is 0 Å². The minimum Gasteiger partial charge on any atom is -0.393 e. The van der Waals surface area contributed by atoms with Crippen LogP contribution in [-0.4, -0.2) is 81.6 Å². The number of aliphatic hydroxyl groups is 1. The minimum atomic E-state index is -0.815. The third-order valence-corrected chi connectivity index (χ3v) is 7.70. The molecule has 9 nitrogen and oxygen atoms in total. The van der Waals surface area contributed by atoms with E-state index in [1.165, 1.54) is 11.8 Å². The van der Waals surface area contributed by atoms with Crippen molar-refractivity contribution in [1.29, 1.82) is 0 Å². The second-order valence-electron chi connectivity index (χ2n) is 9.89. The summed E-state index contributed by atoms with van der Waals surface area (Å²) in [5, 5.41) is 15.1. The SMILES string of the molecule is CCN1C(=O)[C@@H](CNc2cccc(NC(=O)C(C)(C)C)c2)SC1[C@H](N)C(=O)N1CCC(O)CC1. The van der Waals surface area contributed by atoms with Gasteiger partial charge in [0.15, 0.2) is 0 Å². The largest absolute Gasteiger partial charge is 0.393 e. The van der Waals surface area contributed by atoms with E-state index in [0.29, 0.717) is 44.7 Å². The number of carbonyl (C=O) groups is 3. The third-order valence-electron chi connectivity index (χ3n) is 6.17. The molecule has 2 aliphatic heterocycles. The summed E-state index contributed by atoms with van der Waals surface area (Å²) in [6, 6.07) is 6.57. The van der Waals surface area contributed by atoms with Gasteiger partial charge in [0.25, 0.3) is 0 Å². The van der Waals surface area contributed by atoms with Crippen molar-refractivity contribution >= 4 is 40.9 Å². The summed E-state index contributed by atoms with van der Waals surface area (Å²) in [7, 11) is 0. The zero-order chi connectivity index (χ0) is 25.0. The van der Waals surface area contributed by atoms with E-state index in [4.69, 9.17) is 5.73 Å². The Kier molecular flexibility index (Phi) is 8.48. The summed E-state index contributed by atoms with van der Waals surface area (Å²) in [6.45, 7) is 9.27. The maximum absolute atomic E-state index is 13.0. The molecule has 0 bridgehead atoms. The van der Waals surface area contributed by atoms with E-state index in [9.17, 15) is 19.5 Å². The fourth-order valence-electron chi connectivity index (χ4n) is 4.02. The topological polar surface area (TPSA) is 128 Å². The summed E-state index contributed by atoms with van der Waals surface area (Å²) in [5.74, 6) is -0.291. The highest BCUT2D eigenvalue weighted by molar-refractivity contribution is 8.01. The Morgan fingerprint density at radius 2 is 1.88 bits per heavy atom. The Hall–Kier alpha value is -2.30. The van der Waals surface area contributed by atoms with Gasteiger partial charge in [0.1, 0.15) is 16.7 Å². The van der Waals surface area contributed by atoms with Crippen LogP contribution in [0.1, 0.15) is 40.5 Å². The first-order valence-electron chi connectivity index (χ1n) is 11.8. The number of amides is 3. The zero-order valence-corrected chi connectivity index (χ0v) is 21.2. The van der Waals surface area contributed by atoms with Gasteiger partial charge in [-0.15, -0.1) is 11.8 Å². The number of thioether (sulfide) groups is 1. The van der Waals surface area contributed by atoms with Crippen LogP contribution >= 0.6 is 11.8 Å².